The SMILES string of the molecule is CCOC(=O)C1(CCC#N)CCCCC1=NNc1ccc([N+](=O)[O-])cc1[N+](=O)[O-]. The molecule has 0 aromatic heterocycles. The third-order valence-corrected chi connectivity index (χ3v) is 4.85. The van der Waals surface area contributed by atoms with Crippen LogP contribution in [0.15, 0.2) is 23.3 Å². The molecule has 1 atom stereocenters. The Balaban J connectivity index is 2.42. The van der Waals surface area contributed by atoms with Gasteiger partial charge in [0.25, 0.3) is 5.69 Å². The van der Waals surface area contributed by atoms with E-state index in [0.29, 0.717) is 18.6 Å². The summed E-state index contributed by atoms with van der Waals surface area (Å²) < 4.78 is 5.23. The number of non-ortho nitro benzene ring substituents is 1. The second-order valence-electron chi connectivity index (χ2n) is 6.55. The molecule has 0 bridgehead atoms. The van der Waals surface area contributed by atoms with Gasteiger partial charge in [-0.15, -0.1) is 0 Å². The molecule has 1 aliphatic carbocycles. The molecule has 11 nitrogen and oxygen atoms in total. The van der Waals surface area contributed by atoms with Gasteiger partial charge in [0.05, 0.1) is 34.3 Å². The maximum Gasteiger partial charge on any atom is 0.317 e. The maximum atomic E-state index is 12.7. The van der Waals surface area contributed by atoms with Gasteiger partial charge < -0.3 is 4.74 Å². The van der Waals surface area contributed by atoms with Crippen molar-refractivity contribution in [1.29, 1.82) is 5.26 Å². The molecule has 0 heterocycles. The van der Waals surface area contributed by atoms with Crippen molar-refractivity contribution < 1.29 is 19.4 Å². The highest BCUT2D eigenvalue weighted by atomic mass is 16.6. The average Bonchev–Trinajstić information content (AvgIpc) is 2.71. The van der Waals surface area contributed by atoms with Crippen LogP contribution in [0.3, 0.4) is 0 Å². The van der Waals surface area contributed by atoms with Crippen molar-refractivity contribution in [3.8, 4) is 6.07 Å². The van der Waals surface area contributed by atoms with Gasteiger partial charge in [-0.3, -0.25) is 30.4 Å². The third-order valence-electron chi connectivity index (χ3n) is 4.85. The van der Waals surface area contributed by atoms with Crippen LogP contribution in [0.2, 0.25) is 0 Å². The minimum atomic E-state index is -1.06. The highest BCUT2D eigenvalue weighted by Crippen LogP contribution is 2.40. The molecule has 0 saturated heterocycles. The number of esters is 1. The van der Waals surface area contributed by atoms with Crippen molar-refractivity contribution in [2.24, 2.45) is 10.5 Å². The lowest BCUT2D eigenvalue weighted by molar-refractivity contribution is -0.393. The summed E-state index contributed by atoms with van der Waals surface area (Å²) >= 11 is 0. The quantitative estimate of drug-likeness (QED) is 0.390. The molecule has 0 amide bonds. The number of hydrazone groups is 1. The van der Waals surface area contributed by atoms with Crippen LogP contribution in [0, 0.1) is 37.0 Å². The van der Waals surface area contributed by atoms with Crippen LogP contribution in [0.5, 0.6) is 0 Å². The monoisotopic (exact) mass is 403 g/mol. The van der Waals surface area contributed by atoms with E-state index in [9.17, 15) is 25.0 Å². The van der Waals surface area contributed by atoms with E-state index in [0.717, 1.165) is 25.0 Å². The van der Waals surface area contributed by atoms with Crippen molar-refractivity contribution in [3.05, 3.63) is 38.4 Å². The molecule has 1 saturated carbocycles. The lowest BCUT2D eigenvalue weighted by Crippen LogP contribution is -2.43. The number of nitro groups is 2. The summed E-state index contributed by atoms with van der Waals surface area (Å²) in [5.41, 5.74) is 1.04. The first kappa shape index (κ1) is 21.7. The molecule has 1 N–H and O–H groups in total. The van der Waals surface area contributed by atoms with E-state index < -0.39 is 32.6 Å². The van der Waals surface area contributed by atoms with Gasteiger partial charge in [-0.2, -0.15) is 10.4 Å². The molecule has 0 aliphatic heterocycles. The fourth-order valence-electron chi connectivity index (χ4n) is 3.40. The summed E-state index contributed by atoms with van der Waals surface area (Å²) in [5.74, 6) is -0.464. The number of nitriles is 1. The second-order valence-corrected chi connectivity index (χ2v) is 6.55. The largest absolute Gasteiger partial charge is 0.465 e. The summed E-state index contributed by atoms with van der Waals surface area (Å²) in [6, 6.07) is 5.21. The smallest absolute Gasteiger partial charge is 0.317 e. The predicted octanol–water partition coefficient (Wildman–Crippen LogP) is 3.70. The van der Waals surface area contributed by atoms with Gasteiger partial charge in [-0.05, 0) is 38.7 Å². The minimum Gasteiger partial charge on any atom is -0.465 e. The fraction of sp³-hybridized carbons (Fsp3) is 0.500. The van der Waals surface area contributed by atoms with Crippen molar-refractivity contribution in [2.45, 2.75) is 45.4 Å². The first-order chi connectivity index (χ1) is 13.9. The summed E-state index contributed by atoms with van der Waals surface area (Å²) in [6.07, 6.45) is 2.85. The number of rotatable bonds is 8. The molecule has 1 unspecified atom stereocenters. The molecular formula is C18H21N5O6. The number of hydrogen-bond acceptors (Lipinski definition) is 9. The number of nitrogens with one attached hydrogen (secondary N) is 1. The minimum absolute atomic E-state index is 0.0308. The summed E-state index contributed by atoms with van der Waals surface area (Å²) in [5, 5.41) is 35.4. The number of nitro benzene ring substituents is 2. The number of benzene rings is 1. The van der Waals surface area contributed by atoms with Gasteiger partial charge in [0.15, 0.2) is 0 Å². The highest BCUT2D eigenvalue weighted by molar-refractivity contribution is 6.07. The van der Waals surface area contributed by atoms with Crippen LogP contribution in [-0.4, -0.2) is 28.1 Å². The Morgan fingerprint density at radius 2 is 2.10 bits per heavy atom. The Kier molecular flexibility index (Phi) is 7.19. The van der Waals surface area contributed by atoms with Crippen molar-refractivity contribution in [1.82, 2.24) is 0 Å². The molecule has 154 valence electrons. The molecule has 2 rings (SSSR count). The number of hydrogen-bond donors (Lipinski definition) is 1. The van der Waals surface area contributed by atoms with E-state index in [1.165, 1.54) is 6.07 Å². The predicted molar refractivity (Wildman–Crippen MR) is 103 cm³/mol. The zero-order valence-corrected chi connectivity index (χ0v) is 15.9. The van der Waals surface area contributed by atoms with Crippen molar-refractivity contribution in [2.75, 3.05) is 12.0 Å². The van der Waals surface area contributed by atoms with E-state index in [-0.39, 0.29) is 25.1 Å². The van der Waals surface area contributed by atoms with E-state index >= 15 is 0 Å². The second kappa shape index (κ2) is 9.59. The van der Waals surface area contributed by atoms with Gasteiger partial charge in [-0.25, -0.2) is 0 Å². The standard InChI is InChI=1S/C18H21N5O6/c1-2-29-17(24)18(10-5-11-19)9-4-3-6-16(18)21-20-14-8-7-13(22(25)26)12-15(14)23(27)28/h7-8,12,20H,2-6,9-10H2,1H3. The summed E-state index contributed by atoms with van der Waals surface area (Å²) in [4.78, 5) is 33.4. The van der Waals surface area contributed by atoms with Crippen molar-refractivity contribution in [3.63, 3.8) is 0 Å². The van der Waals surface area contributed by atoms with Gasteiger partial charge in [0.1, 0.15) is 11.1 Å². The number of carbonyl (C=O) groups excluding carboxylic acids is 1. The zero-order chi connectivity index (χ0) is 21.4. The lowest BCUT2D eigenvalue weighted by Gasteiger charge is -2.35. The van der Waals surface area contributed by atoms with Crippen LogP contribution in [0.4, 0.5) is 17.1 Å². The van der Waals surface area contributed by atoms with E-state index in [1.807, 2.05) is 6.07 Å². The Bertz CT molecular complexity index is 878. The van der Waals surface area contributed by atoms with Crippen molar-refractivity contribution >= 4 is 28.7 Å². The Hall–Kier alpha value is -3.55. The molecule has 1 aliphatic rings. The normalized spacial score (nSPS) is 19.9. The molecule has 0 radical (unpaired) electrons. The first-order valence-electron chi connectivity index (χ1n) is 9.15. The fourth-order valence-corrected chi connectivity index (χ4v) is 3.40. The van der Waals surface area contributed by atoms with Gasteiger partial charge >= 0.3 is 11.7 Å². The topological polar surface area (TPSA) is 161 Å². The Morgan fingerprint density at radius 1 is 1.34 bits per heavy atom. The molecular weight excluding hydrogens is 382 g/mol. The third kappa shape index (κ3) is 4.84. The average molecular weight is 403 g/mol. The first-order valence-corrected chi connectivity index (χ1v) is 9.15. The number of anilines is 1. The molecule has 0 spiro atoms. The zero-order valence-electron chi connectivity index (χ0n) is 15.9. The maximum absolute atomic E-state index is 12.7. The van der Waals surface area contributed by atoms with Crippen LogP contribution in [-0.2, 0) is 9.53 Å². The van der Waals surface area contributed by atoms with E-state index in [1.54, 1.807) is 6.92 Å². The Morgan fingerprint density at radius 3 is 2.72 bits per heavy atom. The molecule has 1 aromatic rings. The number of carbonyl (C=O) groups is 1. The Labute approximate surface area is 166 Å². The van der Waals surface area contributed by atoms with E-state index in [4.69, 9.17) is 10.00 Å². The van der Waals surface area contributed by atoms with Gasteiger partial charge in [0, 0.05) is 12.5 Å². The molecule has 1 fully saturated rings. The van der Waals surface area contributed by atoms with Crippen LogP contribution < -0.4 is 5.43 Å². The number of nitrogens with zero attached hydrogens (tertiary/aromatic N) is 4. The van der Waals surface area contributed by atoms with Crippen LogP contribution in [0.1, 0.15) is 45.4 Å². The van der Waals surface area contributed by atoms with Crippen LogP contribution in [0.25, 0.3) is 0 Å². The van der Waals surface area contributed by atoms with Gasteiger partial charge in [-0.1, -0.05) is 6.42 Å². The van der Waals surface area contributed by atoms with E-state index in [2.05, 4.69) is 10.5 Å². The van der Waals surface area contributed by atoms with Crippen LogP contribution >= 0.6 is 0 Å². The number of ether oxygens (including phenoxy) is 1. The molecule has 29 heavy (non-hydrogen) atoms. The van der Waals surface area contributed by atoms with Gasteiger partial charge in [0.2, 0.25) is 0 Å². The highest BCUT2D eigenvalue weighted by Gasteiger charge is 2.46. The molecule has 1 aromatic carbocycles. The lowest BCUT2D eigenvalue weighted by atomic mass is 9.69. The summed E-state index contributed by atoms with van der Waals surface area (Å²) in [7, 11) is 0. The molecule has 11 heteroatoms. The summed E-state index contributed by atoms with van der Waals surface area (Å²) in [6.45, 7) is 1.87.